The predicted octanol–water partition coefficient (Wildman–Crippen LogP) is 3.42. The standard InChI is InChI=1S/C19H23NO2/c1-12-5-4-6-14(9-12)19-15-11-18(22-3)17(21-2)10-13(15)7-8-16(19)20/h4-6,9-11,16,19H,7-8,20H2,1-3H3/t16-,19+/m1/s1. The quantitative estimate of drug-likeness (QED) is 0.944. The van der Waals surface area contributed by atoms with Gasteiger partial charge in [-0.3, -0.25) is 0 Å². The monoisotopic (exact) mass is 297 g/mol. The van der Waals surface area contributed by atoms with Gasteiger partial charge in [-0.2, -0.15) is 0 Å². The molecule has 2 atom stereocenters. The van der Waals surface area contributed by atoms with E-state index in [4.69, 9.17) is 15.2 Å². The Morgan fingerprint density at radius 2 is 1.77 bits per heavy atom. The topological polar surface area (TPSA) is 44.5 Å². The first-order valence-electron chi connectivity index (χ1n) is 7.71. The summed E-state index contributed by atoms with van der Waals surface area (Å²) < 4.78 is 10.9. The van der Waals surface area contributed by atoms with Gasteiger partial charge in [-0.15, -0.1) is 0 Å². The third-order valence-electron chi connectivity index (χ3n) is 4.56. The lowest BCUT2D eigenvalue weighted by molar-refractivity contribution is 0.352. The molecular weight excluding hydrogens is 274 g/mol. The van der Waals surface area contributed by atoms with E-state index in [-0.39, 0.29) is 12.0 Å². The summed E-state index contributed by atoms with van der Waals surface area (Å²) in [5.74, 6) is 1.77. The van der Waals surface area contributed by atoms with Gasteiger partial charge in [0.2, 0.25) is 0 Å². The number of methoxy groups -OCH3 is 2. The van der Waals surface area contributed by atoms with Gasteiger partial charge in [-0.25, -0.2) is 0 Å². The molecule has 22 heavy (non-hydrogen) atoms. The zero-order valence-corrected chi connectivity index (χ0v) is 13.4. The second-order valence-electron chi connectivity index (χ2n) is 6.00. The molecule has 3 nitrogen and oxygen atoms in total. The van der Waals surface area contributed by atoms with Crippen LogP contribution in [0.3, 0.4) is 0 Å². The lowest BCUT2D eigenvalue weighted by atomic mass is 9.75. The number of benzene rings is 2. The highest BCUT2D eigenvalue weighted by molar-refractivity contribution is 5.52. The summed E-state index contributed by atoms with van der Waals surface area (Å²) in [6.45, 7) is 2.12. The van der Waals surface area contributed by atoms with Gasteiger partial charge in [0.25, 0.3) is 0 Å². The highest BCUT2D eigenvalue weighted by Gasteiger charge is 2.30. The number of rotatable bonds is 3. The minimum atomic E-state index is 0.132. The van der Waals surface area contributed by atoms with Crippen molar-refractivity contribution in [2.75, 3.05) is 14.2 Å². The van der Waals surface area contributed by atoms with Crippen LogP contribution >= 0.6 is 0 Å². The van der Waals surface area contributed by atoms with Crippen molar-refractivity contribution < 1.29 is 9.47 Å². The zero-order chi connectivity index (χ0) is 15.7. The van der Waals surface area contributed by atoms with E-state index < -0.39 is 0 Å². The lowest BCUT2D eigenvalue weighted by Crippen LogP contribution is -2.34. The fourth-order valence-electron chi connectivity index (χ4n) is 3.45. The molecule has 3 rings (SSSR count). The van der Waals surface area contributed by atoms with Gasteiger partial charge in [0.15, 0.2) is 11.5 Å². The van der Waals surface area contributed by atoms with E-state index in [9.17, 15) is 0 Å². The van der Waals surface area contributed by atoms with Crippen LogP contribution in [0.5, 0.6) is 11.5 Å². The van der Waals surface area contributed by atoms with Crippen LogP contribution in [-0.2, 0) is 6.42 Å². The second kappa shape index (κ2) is 6.01. The Morgan fingerprint density at radius 1 is 1.05 bits per heavy atom. The average molecular weight is 297 g/mol. The minimum Gasteiger partial charge on any atom is -0.493 e. The number of hydrogen-bond donors (Lipinski definition) is 1. The third kappa shape index (κ3) is 2.57. The molecule has 3 heteroatoms. The molecule has 0 aliphatic heterocycles. The third-order valence-corrected chi connectivity index (χ3v) is 4.56. The number of aryl methyl sites for hydroxylation is 2. The molecule has 0 spiro atoms. The van der Waals surface area contributed by atoms with E-state index in [1.807, 2.05) is 0 Å². The Kier molecular flexibility index (Phi) is 4.08. The molecule has 0 bridgehead atoms. The van der Waals surface area contributed by atoms with Crippen molar-refractivity contribution in [1.29, 1.82) is 0 Å². The molecule has 0 unspecified atom stereocenters. The summed E-state index contributed by atoms with van der Waals surface area (Å²) in [6.07, 6.45) is 1.97. The highest BCUT2D eigenvalue weighted by atomic mass is 16.5. The normalized spacial score (nSPS) is 20.4. The average Bonchev–Trinajstić information content (AvgIpc) is 2.53. The molecule has 0 amide bonds. The van der Waals surface area contributed by atoms with Crippen LogP contribution in [0.1, 0.15) is 34.6 Å². The van der Waals surface area contributed by atoms with Crippen LogP contribution in [0.2, 0.25) is 0 Å². The molecular formula is C19H23NO2. The van der Waals surface area contributed by atoms with E-state index in [1.54, 1.807) is 14.2 Å². The van der Waals surface area contributed by atoms with Crippen molar-refractivity contribution in [3.63, 3.8) is 0 Å². The van der Waals surface area contributed by atoms with Gasteiger partial charge in [-0.05, 0) is 48.6 Å². The molecule has 0 saturated carbocycles. The van der Waals surface area contributed by atoms with E-state index in [0.29, 0.717) is 0 Å². The minimum absolute atomic E-state index is 0.132. The van der Waals surface area contributed by atoms with E-state index >= 15 is 0 Å². The van der Waals surface area contributed by atoms with E-state index in [2.05, 4.69) is 43.3 Å². The van der Waals surface area contributed by atoms with Gasteiger partial charge in [0, 0.05) is 12.0 Å². The van der Waals surface area contributed by atoms with Gasteiger partial charge in [0.1, 0.15) is 0 Å². The van der Waals surface area contributed by atoms with Crippen molar-refractivity contribution in [2.45, 2.75) is 31.7 Å². The Labute approximate surface area is 132 Å². The molecule has 0 aromatic heterocycles. The van der Waals surface area contributed by atoms with Gasteiger partial charge in [-0.1, -0.05) is 29.8 Å². The molecule has 2 aromatic carbocycles. The summed E-state index contributed by atoms with van der Waals surface area (Å²) >= 11 is 0. The van der Waals surface area contributed by atoms with Crippen molar-refractivity contribution in [1.82, 2.24) is 0 Å². The highest BCUT2D eigenvalue weighted by Crippen LogP contribution is 2.41. The summed E-state index contributed by atoms with van der Waals surface area (Å²) in [5, 5.41) is 0. The van der Waals surface area contributed by atoms with Crippen LogP contribution in [0, 0.1) is 6.92 Å². The van der Waals surface area contributed by atoms with Crippen molar-refractivity contribution in [2.24, 2.45) is 5.73 Å². The van der Waals surface area contributed by atoms with Crippen LogP contribution in [0.4, 0.5) is 0 Å². The van der Waals surface area contributed by atoms with Crippen LogP contribution < -0.4 is 15.2 Å². The Morgan fingerprint density at radius 3 is 2.45 bits per heavy atom. The maximum atomic E-state index is 6.47. The zero-order valence-electron chi connectivity index (χ0n) is 13.4. The number of fused-ring (bicyclic) bond motifs is 1. The summed E-state index contributed by atoms with van der Waals surface area (Å²) in [7, 11) is 3.35. The summed E-state index contributed by atoms with van der Waals surface area (Å²) in [6, 6.07) is 13.0. The van der Waals surface area contributed by atoms with E-state index in [1.165, 1.54) is 22.3 Å². The Bertz CT molecular complexity index is 681. The number of ether oxygens (including phenoxy) is 2. The van der Waals surface area contributed by atoms with Crippen molar-refractivity contribution in [3.05, 3.63) is 58.7 Å². The molecule has 116 valence electrons. The van der Waals surface area contributed by atoms with Crippen molar-refractivity contribution >= 4 is 0 Å². The van der Waals surface area contributed by atoms with Gasteiger partial charge in [0.05, 0.1) is 14.2 Å². The first-order chi connectivity index (χ1) is 10.6. The lowest BCUT2D eigenvalue weighted by Gasteiger charge is -2.32. The fourth-order valence-corrected chi connectivity index (χ4v) is 3.45. The molecule has 1 aliphatic carbocycles. The molecule has 0 fully saturated rings. The molecule has 1 aliphatic rings. The van der Waals surface area contributed by atoms with E-state index in [0.717, 1.165) is 24.3 Å². The molecule has 0 heterocycles. The Hall–Kier alpha value is -2.00. The van der Waals surface area contributed by atoms with Gasteiger partial charge < -0.3 is 15.2 Å². The maximum absolute atomic E-state index is 6.47. The smallest absolute Gasteiger partial charge is 0.161 e. The molecule has 0 saturated heterocycles. The van der Waals surface area contributed by atoms with Crippen molar-refractivity contribution in [3.8, 4) is 11.5 Å². The fraction of sp³-hybridized carbons (Fsp3) is 0.368. The molecule has 0 radical (unpaired) electrons. The number of nitrogens with two attached hydrogens (primary N) is 1. The predicted molar refractivity (Wildman–Crippen MR) is 88.9 cm³/mol. The first kappa shape index (κ1) is 14.9. The van der Waals surface area contributed by atoms with Gasteiger partial charge >= 0.3 is 0 Å². The van der Waals surface area contributed by atoms with Crippen LogP contribution in [0.15, 0.2) is 36.4 Å². The molecule has 2 aromatic rings. The Balaban J connectivity index is 2.13. The van der Waals surface area contributed by atoms with Crippen LogP contribution in [-0.4, -0.2) is 20.3 Å². The summed E-state index contributed by atoms with van der Waals surface area (Å²) in [4.78, 5) is 0. The second-order valence-corrected chi connectivity index (χ2v) is 6.00. The van der Waals surface area contributed by atoms with Crippen LogP contribution in [0.25, 0.3) is 0 Å². The summed E-state index contributed by atoms with van der Waals surface area (Å²) in [5.41, 5.74) is 11.6. The number of hydrogen-bond acceptors (Lipinski definition) is 3. The molecule has 2 N–H and O–H groups in total. The SMILES string of the molecule is COc1cc2c(cc1OC)[C@H](c1cccc(C)c1)[C@H](N)CC2. The first-order valence-corrected chi connectivity index (χ1v) is 7.71. The maximum Gasteiger partial charge on any atom is 0.161 e. The largest absolute Gasteiger partial charge is 0.493 e.